The summed E-state index contributed by atoms with van der Waals surface area (Å²) in [6.07, 6.45) is 4.50. The van der Waals surface area contributed by atoms with Crippen molar-refractivity contribution < 1.29 is 36.6 Å². The van der Waals surface area contributed by atoms with Gasteiger partial charge in [0.15, 0.2) is 18.2 Å². The highest BCUT2D eigenvalue weighted by atomic mass is 32.2. The monoisotopic (exact) mass is 654 g/mol. The summed E-state index contributed by atoms with van der Waals surface area (Å²) in [5, 5.41) is 0.0101. The Bertz CT molecular complexity index is 1250. The number of rotatable bonds is 16. The molecule has 0 spiro atoms. The number of methoxy groups -OCH3 is 1. The third-order valence-corrected chi connectivity index (χ3v) is 14.7. The Labute approximate surface area is 268 Å². The highest BCUT2D eigenvalue weighted by Crippen LogP contribution is 2.41. The third-order valence-electron chi connectivity index (χ3n) is 8.18. The summed E-state index contributed by atoms with van der Waals surface area (Å²) in [7, 11) is -3.87. The number of hydrogen-bond donors (Lipinski definition) is 0. The van der Waals surface area contributed by atoms with E-state index in [1.807, 2.05) is 53.7 Å². The Morgan fingerprint density at radius 3 is 2.09 bits per heavy atom. The molecule has 0 aliphatic heterocycles. The quantitative estimate of drug-likeness (QED) is 0.103. The van der Waals surface area contributed by atoms with Gasteiger partial charge in [-0.15, -0.1) is 0 Å². The first-order valence-electron chi connectivity index (χ1n) is 15.5. The number of carbonyl (C=O) groups excluding carboxylic acids is 2. The van der Waals surface area contributed by atoms with E-state index in [0.717, 1.165) is 0 Å². The molecule has 0 saturated heterocycles. The Hall–Kier alpha value is -2.17. The first kappa shape index (κ1) is 39.9. The molecule has 0 saturated carbocycles. The van der Waals surface area contributed by atoms with Crippen LogP contribution in [0.1, 0.15) is 99.6 Å². The molecule has 0 aromatic heterocycles. The van der Waals surface area contributed by atoms with E-state index < -0.39 is 46.5 Å². The molecule has 1 unspecified atom stereocenters. The molecule has 0 aliphatic rings. The Morgan fingerprint density at radius 1 is 0.955 bits per heavy atom. The second-order valence-electron chi connectivity index (χ2n) is 15.1. The minimum Gasteiger partial charge on any atom is -0.496 e. The van der Waals surface area contributed by atoms with Crippen LogP contribution < -0.4 is 4.74 Å². The van der Waals surface area contributed by atoms with E-state index in [-0.39, 0.29) is 29.8 Å². The fourth-order valence-electron chi connectivity index (χ4n) is 4.73. The van der Waals surface area contributed by atoms with Crippen molar-refractivity contribution in [3.63, 3.8) is 0 Å². The van der Waals surface area contributed by atoms with Crippen molar-refractivity contribution in [2.75, 3.05) is 31.8 Å². The summed E-state index contributed by atoms with van der Waals surface area (Å²) in [5.41, 5.74) is -1.07. The molecule has 0 amide bonds. The average Bonchev–Trinajstić information content (AvgIpc) is 2.84. The number of benzene rings is 1. The van der Waals surface area contributed by atoms with E-state index in [1.165, 1.54) is 13.2 Å². The lowest BCUT2D eigenvalue weighted by molar-refractivity contribution is -0.162. The molecule has 0 aliphatic carbocycles. The van der Waals surface area contributed by atoms with Crippen LogP contribution in [0.5, 0.6) is 5.75 Å². The summed E-state index contributed by atoms with van der Waals surface area (Å²) in [6, 6.07) is 5.45. The van der Waals surface area contributed by atoms with Crippen LogP contribution in [0.25, 0.3) is 6.08 Å². The number of sulfone groups is 1. The van der Waals surface area contributed by atoms with E-state index in [1.54, 1.807) is 19.1 Å². The van der Waals surface area contributed by atoms with Gasteiger partial charge in [-0.25, -0.2) is 13.2 Å². The van der Waals surface area contributed by atoms with Gasteiger partial charge in [0.05, 0.1) is 30.6 Å². The standard InChI is InChI=1S/C34H58O8SSi/c1-14-40-28(35)20-19-26-17-15-18-27(29(26)39-11)34(10,30(36)42-31(2,3)4)22-16-21-33(8,9)25-43(37,38)24-23-41-44(12,13)32(5,6)7/h15,17-20H,14,16,21-25H2,1-13H3/b20-19+. The maximum Gasteiger partial charge on any atom is 0.330 e. The van der Waals surface area contributed by atoms with Gasteiger partial charge >= 0.3 is 11.9 Å². The maximum absolute atomic E-state index is 13.8. The smallest absolute Gasteiger partial charge is 0.330 e. The second-order valence-corrected chi connectivity index (χ2v) is 22.1. The third kappa shape index (κ3) is 12.3. The number of esters is 2. The van der Waals surface area contributed by atoms with Gasteiger partial charge in [0.2, 0.25) is 0 Å². The Morgan fingerprint density at radius 2 is 1.57 bits per heavy atom. The van der Waals surface area contributed by atoms with Gasteiger partial charge in [0.1, 0.15) is 11.4 Å². The zero-order valence-electron chi connectivity index (χ0n) is 29.5. The lowest BCUT2D eigenvalue weighted by Gasteiger charge is -2.36. The lowest BCUT2D eigenvalue weighted by atomic mass is 9.75. The molecule has 1 aromatic carbocycles. The van der Waals surface area contributed by atoms with Crippen LogP contribution in [0, 0.1) is 5.41 Å². The molecule has 0 bridgehead atoms. The van der Waals surface area contributed by atoms with Gasteiger partial charge in [-0.2, -0.15) is 0 Å². The molecule has 1 atom stereocenters. The number of carbonyl (C=O) groups is 2. The molecule has 0 fully saturated rings. The molecular formula is C34H58O8SSi. The van der Waals surface area contributed by atoms with Crippen LogP contribution in [0.4, 0.5) is 0 Å². The number of ether oxygens (including phenoxy) is 3. The zero-order chi connectivity index (χ0) is 34.2. The highest BCUT2D eigenvalue weighted by molar-refractivity contribution is 7.91. The van der Waals surface area contributed by atoms with Gasteiger partial charge in [-0.1, -0.05) is 59.2 Å². The second kappa shape index (κ2) is 15.4. The molecule has 0 radical (unpaired) electrons. The topological polar surface area (TPSA) is 105 Å². The molecule has 0 heterocycles. The molecular weight excluding hydrogens is 597 g/mol. The SMILES string of the molecule is CCOC(=O)/C=C/c1cccc(C(C)(CCCC(C)(C)CS(=O)(=O)CCO[Si](C)(C)C(C)(C)C)C(=O)OC(C)(C)C)c1OC. The lowest BCUT2D eigenvalue weighted by Crippen LogP contribution is -2.42. The Balaban J connectivity index is 3.22. The molecule has 252 valence electrons. The molecule has 8 nitrogen and oxygen atoms in total. The highest BCUT2D eigenvalue weighted by Gasteiger charge is 2.42. The van der Waals surface area contributed by atoms with E-state index >= 15 is 0 Å². The summed E-state index contributed by atoms with van der Waals surface area (Å²) in [4.78, 5) is 25.8. The van der Waals surface area contributed by atoms with E-state index in [4.69, 9.17) is 18.6 Å². The molecule has 44 heavy (non-hydrogen) atoms. The van der Waals surface area contributed by atoms with Gasteiger partial charge in [-0.05, 0) is 77.1 Å². The minimum absolute atomic E-state index is 0.0101. The van der Waals surface area contributed by atoms with Crippen LogP contribution in [-0.2, 0) is 38.7 Å². The van der Waals surface area contributed by atoms with Crippen molar-refractivity contribution in [2.45, 2.75) is 118 Å². The largest absolute Gasteiger partial charge is 0.496 e. The van der Waals surface area contributed by atoms with Crippen LogP contribution in [0.15, 0.2) is 24.3 Å². The van der Waals surface area contributed by atoms with Crippen molar-refractivity contribution in [2.24, 2.45) is 5.41 Å². The van der Waals surface area contributed by atoms with Crippen molar-refractivity contribution >= 4 is 36.2 Å². The van der Waals surface area contributed by atoms with Gasteiger partial charge in [-0.3, -0.25) is 4.79 Å². The van der Waals surface area contributed by atoms with Crippen molar-refractivity contribution in [3.05, 3.63) is 35.4 Å². The fraction of sp³-hybridized carbons (Fsp3) is 0.706. The van der Waals surface area contributed by atoms with Crippen molar-refractivity contribution in [3.8, 4) is 5.75 Å². The van der Waals surface area contributed by atoms with Crippen molar-refractivity contribution in [1.29, 1.82) is 0 Å². The van der Waals surface area contributed by atoms with E-state index in [9.17, 15) is 18.0 Å². The minimum atomic E-state index is -3.36. The van der Waals surface area contributed by atoms with Crippen LogP contribution in [0.3, 0.4) is 0 Å². The first-order valence-corrected chi connectivity index (χ1v) is 20.2. The predicted octanol–water partition coefficient (Wildman–Crippen LogP) is 7.50. The molecule has 0 N–H and O–H groups in total. The summed E-state index contributed by atoms with van der Waals surface area (Å²) in [5.74, 6) is -0.393. The van der Waals surface area contributed by atoms with Crippen LogP contribution >= 0.6 is 0 Å². The van der Waals surface area contributed by atoms with Crippen LogP contribution in [-0.4, -0.2) is 66.1 Å². The van der Waals surface area contributed by atoms with Crippen LogP contribution in [0.2, 0.25) is 18.1 Å². The summed E-state index contributed by atoms with van der Waals surface area (Å²) >= 11 is 0. The fourth-order valence-corrected chi connectivity index (χ4v) is 7.74. The van der Waals surface area contributed by atoms with Gasteiger partial charge < -0.3 is 18.6 Å². The summed E-state index contributed by atoms with van der Waals surface area (Å²) in [6.45, 7) is 24.0. The number of hydrogen-bond acceptors (Lipinski definition) is 8. The maximum atomic E-state index is 13.8. The first-order chi connectivity index (χ1) is 19.9. The van der Waals surface area contributed by atoms with E-state index in [2.05, 4.69) is 33.9 Å². The molecule has 1 aromatic rings. The van der Waals surface area contributed by atoms with E-state index in [0.29, 0.717) is 36.1 Å². The number of para-hydroxylation sites is 1. The Kier molecular flexibility index (Phi) is 14.0. The molecule has 10 heteroatoms. The molecule has 1 rings (SSSR count). The average molecular weight is 655 g/mol. The summed E-state index contributed by atoms with van der Waals surface area (Å²) < 4.78 is 49.0. The zero-order valence-corrected chi connectivity index (χ0v) is 31.3. The van der Waals surface area contributed by atoms with Gasteiger partial charge in [0.25, 0.3) is 0 Å². The van der Waals surface area contributed by atoms with Crippen molar-refractivity contribution in [1.82, 2.24) is 0 Å². The van der Waals surface area contributed by atoms with Gasteiger partial charge in [0, 0.05) is 23.8 Å². The predicted molar refractivity (Wildman–Crippen MR) is 181 cm³/mol. The normalized spacial score (nSPS) is 14.8.